The molecule has 1 spiro atoms. The molecule has 0 N–H and O–H groups in total. The van der Waals surface area contributed by atoms with Gasteiger partial charge >= 0.3 is 0 Å². The molecule has 2 aromatic carbocycles. The molecule has 138 valence electrons. The van der Waals surface area contributed by atoms with Crippen LogP contribution in [0.25, 0.3) is 0 Å². The summed E-state index contributed by atoms with van der Waals surface area (Å²) < 4.78 is 0. The van der Waals surface area contributed by atoms with Crippen LogP contribution in [0.2, 0.25) is 5.02 Å². The molecule has 0 radical (unpaired) electrons. The number of anilines is 2. The van der Waals surface area contributed by atoms with Crippen LogP contribution in [-0.4, -0.2) is 23.5 Å². The summed E-state index contributed by atoms with van der Waals surface area (Å²) in [6.45, 7) is 3.59. The molecule has 1 saturated heterocycles. The SMILES string of the molecule is CCC(=O)N1C(=O)[C@]2(SCC(=O)N2c2ccc(C)c(Cl)c2)c2ccccc21. The molecule has 2 aromatic rings. The topological polar surface area (TPSA) is 57.7 Å². The number of fused-ring (bicyclic) bond motifs is 2. The predicted octanol–water partition coefficient (Wildman–Crippen LogP) is 3.86. The molecule has 0 aromatic heterocycles. The molecule has 2 heterocycles. The second-order valence-corrected chi connectivity index (χ2v) is 8.08. The maximum atomic E-state index is 13.5. The molecule has 2 aliphatic rings. The Balaban J connectivity index is 1.95. The molecule has 1 fully saturated rings. The van der Waals surface area contributed by atoms with Crippen LogP contribution in [0.1, 0.15) is 24.5 Å². The number of thioether (sulfide) groups is 1. The normalized spacial score (nSPS) is 21.3. The summed E-state index contributed by atoms with van der Waals surface area (Å²) >= 11 is 7.52. The van der Waals surface area contributed by atoms with Gasteiger partial charge in [0.25, 0.3) is 5.91 Å². The van der Waals surface area contributed by atoms with Gasteiger partial charge in [-0.3, -0.25) is 19.3 Å². The van der Waals surface area contributed by atoms with E-state index >= 15 is 0 Å². The van der Waals surface area contributed by atoms with Crippen molar-refractivity contribution in [2.45, 2.75) is 25.1 Å². The molecule has 7 heteroatoms. The van der Waals surface area contributed by atoms with Gasteiger partial charge in [-0.05, 0) is 30.7 Å². The minimum atomic E-state index is -1.28. The number of hydrogen-bond donors (Lipinski definition) is 0. The number of amides is 3. The van der Waals surface area contributed by atoms with Crippen LogP contribution < -0.4 is 9.80 Å². The van der Waals surface area contributed by atoms with Gasteiger partial charge < -0.3 is 0 Å². The van der Waals surface area contributed by atoms with Crippen LogP contribution in [0, 0.1) is 6.92 Å². The monoisotopic (exact) mass is 400 g/mol. The fourth-order valence-corrected chi connectivity index (χ4v) is 5.13. The molecule has 1 atom stereocenters. The van der Waals surface area contributed by atoms with Crippen molar-refractivity contribution in [3.63, 3.8) is 0 Å². The van der Waals surface area contributed by atoms with Crippen molar-refractivity contribution in [2.75, 3.05) is 15.6 Å². The van der Waals surface area contributed by atoms with Gasteiger partial charge in [-0.1, -0.05) is 42.8 Å². The van der Waals surface area contributed by atoms with E-state index in [1.165, 1.54) is 21.6 Å². The van der Waals surface area contributed by atoms with E-state index in [2.05, 4.69) is 0 Å². The summed E-state index contributed by atoms with van der Waals surface area (Å²) in [6.07, 6.45) is 0.200. The van der Waals surface area contributed by atoms with Gasteiger partial charge in [-0.2, -0.15) is 0 Å². The van der Waals surface area contributed by atoms with Crippen LogP contribution in [0.15, 0.2) is 42.5 Å². The molecule has 27 heavy (non-hydrogen) atoms. The Morgan fingerprint density at radius 2 is 1.96 bits per heavy atom. The lowest BCUT2D eigenvalue weighted by molar-refractivity contribution is -0.128. The largest absolute Gasteiger partial charge is 0.283 e. The van der Waals surface area contributed by atoms with E-state index in [1.807, 2.05) is 25.1 Å². The Kier molecular flexibility index (Phi) is 4.28. The van der Waals surface area contributed by atoms with Crippen molar-refractivity contribution in [1.29, 1.82) is 0 Å². The van der Waals surface area contributed by atoms with Crippen molar-refractivity contribution in [3.8, 4) is 0 Å². The smallest absolute Gasteiger partial charge is 0.275 e. The molecule has 4 rings (SSSR count). The van der Waals surface area contributed by atoms with E-state index in [0.717, 1.165) is 5.56 Å². The fraction of sp³-hybridized carbons (Fsp3) is 0.250. The highest BCUT2D eigenvalue weighted by Crippen LogP contribution is 2.55. The second-order valence-electron chi connectivity index (χ2n) is 6.50. The van der Waals surface area contributed by atoms with Gasteiger partial charge in [-0.15, -0.1) is 11.8 Å². The van der Waals surface area contributed by atoms with Gasteiger partial charge in [0, 0.05) is 22.7 Å². The molecular formula is C20H17ClN2O3S. The van der Waals surface area contributed by atoms with Crippen molar-refractivity contribution in [2.24, 2.45) is 0 Å². The Morgan fingerprint density at radius 1 is 1.22 bits per heavy atom. The highest BCUT2D eigenvalue weighted by Gasteiger charge is 2.62. The Labute approximate surface area is 166 Å². The summed E-state index contributed by atoms with van der Waals surface area (Å²) in [5, 5.41) is 0.521. The van der Waals surface area contributed by atoms with E-state index in [9.17, 15) is 14.4 Å². The van der Waals surface area contributed by atoms with Crippen LogP contribution in [0.5, 0.6) is 0 Å². The molecule has 0 aliphatic carbocycles. The molecule has 5 nitrogen and oxygen atoms in total. The lowest BCUT2D eigenvalue weighted by atomic mass is 10.0. The van der Waals surface area contributed by atoms with Crippen LogP contribution >= 0.6 is 23.4 Å². The first-order chi connectivity index (χ1) is 12.9. The van der Waals surface area contributed by atoms with E-state index in [0.29, 0.717) is 22.0 Å². The Morgan fingerprint density at radius 3 is 2.67 bits per heavy atom. The quantitative estimate of drug-likeness (QED) is 0.768. The van der Waals surface area contributed by atoms with Crippen LogP contribution in [0.4, 0.5) is 11.4 Å². The number of aryl methyl sites for hydroxylation is 1. The first-order valence-electron chi connectivity index (χ1n) is 8.62. The van der Waals surface area contributed by atoms with Gasteiger partial charge in [-0.25, -0.2) is 4.90 Å². The molecule has 0 unspecified atom stereocenters. The van der Waals surface area contributed by atoms with Gasteiger partial charge in [0.2, 0.25) is 16.7 Å². The van der Waals surface area contributed by atoms with Gasteiger partial charge in [0.1, 0.15) is 0 Å². The number of carbonyl (C=O) groups excluding carboxylic acids is 3. The zero-order valence-corrected chi connectivity index (χ0v) is 16.4. The third kappa shape index (κ3) is 2.43. The summed E-state index contributed by atoms with van der Waals surface area (Å²) in [4.78, 5) is 40.3. The lowest BCUT2D eigenvalue weighted by Gasteiger charge is -2.33. The van der Waals surface area contributed by atoms with Gasteiger partial charge in [0.05, 0.1) is 11.4 Å². The zero-order valence-electron chi connectivity index (χ0n) is 14.9. The number of nitrogens with zero attached hydrogens (tertiary/aromatic N) is 2. The summed E-state index contributed by atoms with van der Waals surface area (Å²) in [7, 11) is 0. The number of carbonyl (C=O) groups is 3. The highest BCUT2D eigenvalue weighted by atomic mass is 35.5. The van der Waals surface area contributed by atoms with Crippen LogP contribution in [-0.2, 0) is 19.3 Å². The van der Waals surface area contributed by atoms with E-state index in [-0.39, 0.29) is 24.0 Å². The number of hydrogen-bond acceptors (Lipinski definition) is 4. The third-order valence-corrected chi connectivity index (χ3v) is 6.73. The van der Waals surface area contributed by atoms with Crippen molar-refractivity contribution >= 4 is 52.5 Å². The van der Waals surface area contributed by atoms with Crippen LogP contribution in [0.3, 0.4) is 0 Å². The molecule has 0 bridgehead atoms. The minimum Gasteiger partial charge on any atom is -0.283 e. The zero-order chi connectivity index (χ0) is 19.3. The average Bonchev–Trinajstić information content (AvgIpc) is 3.14. The highest BCUT2D eigenvalue weighted by molar-refractivity contribution is 8.02. The number of rotatable bonds is 2. The minimum absolute atomic E-state index is 0.153. The average molecular weight is 401 g/mol. The molecule has 3 amide bonds. The third-order valence-electron chi connectivity index (χ3n) is 4.94. The number of imide groups is 1. The predicted molar refractivity (Wildman–Crippen MR) is 107 cm³/mol. The maximum absolute atomic E-state index is 13.5. The fourth-order valence-electron chi connectivity index (χ4n) is 3.61. The summed E-state index contributed by atoms with van der Waals surface area (Å²) in [6, 6.07) is 12.5. The molecule has 0 saturated carbocycles. The standard InChI is InChI=1S/C20H17ClN2O3S/c1-3-17(24)22-16-7-5-4-6-14(16)20(19(22)26)23(18(25)11-27-20)13-9-8-12(2)15(21)10-13/h4-10H,3,11H2,1-2H3/t20-/m1/s1. The van der Waals surface area contributed by atoms with Crippen molar-refractivity contribution < 1.29 is 14.4 Å². The first kappa shape index (κ1) is 18.1. The maximum Gasteiger partial charge on any atom is 0.275 e. The molecule has 2 aliphatic heterocycles. The number of halogens is 1. The van der Waals surface area contributed by atoms with Crippen molar-refractivity contribution in [3.05, 3.63) is 58.6 Å². The first-order valence-corrected chi connectivity index (χ1v) is 9.98. The van der Waals surface area contributed by atoms with Gasteiger partial charge in [0.15, 0.2) is 0 Å². The lowest BCUT2D eigenvalue weighted by Crippen LogP contribution is -2.50. The number of benzene rings is 2. The van der Waals surface area contributed by atoms with E-state index in [4.69, 9.17) is 11.6 Å². The van der Waals surface area contributed by atoms with E-state index in [1.54, 1.807) is 31.2 Å². The Bertz CT molecular complexity index is 993. The van der Waals surface area contributed by atoms with E-state index < -0.39 is 10.8 Å². The second kappa shape index (κ2) is 6.39. The Hall–Kier alpha value is -2.31. The number of para-hydroxylation sites is 1. The van der Waals surface area contributed by atoms with Crippen molar-refractivity contribution in [1.82, 2.24) is 0 Å². The summed E-state index contributed by atoms with van der Waals surface area (Å²) in [5.74, 6) is -0.720. The summed E-state index contributed by atoms with van der Waals surface area (Å²) in [5.41, 5.74) is 2.63. The molecular weight excluding hydrogens is 384 g/mol.